The van der Waals surface area contributed by atoms with Gasteiger partial charge in [0.1, 0.15) is 19.3 Å². The first-order valence-electron chi connectivity index (χ1n) is 7.53. The second kappa shape index (κ2) is 7.31. The molecular weight excluding hydrogens is 270 g/mol. The molecule has 0 bridgehead atoms. The molecule has 1 unspecified atom stereocenters. The molecule has 0 saturated carbocycles. The van der Waals surface area contributed by atoms with Crippen LogP contribution in [0.5, 0.6) is 11.5 Å². The molecule has 0 aliphatic carbocycles. The summed E-state index contributed by atoms with van der Waals surface area (Å²) >= 11 is 0. The van der Waals surface area contributed by atoms with Crippen LogP contribution in [0.2, 0.25) is 0 Å². The van der Waals surface area contributed by atoms with E-state index < -0.39 is 12.0 Å². The monoisotopic (exact) mass is 293 g/mol. The van der Waals surface area contributed by atoms with Gasteiger partial charge in [-0.3, -0.25) is 9.69 Å². The molecule has 0 fully saturated rings. The Morgan fingerprint density at radius 1 is 1.19 bits per heavy atom. The molecule has 1 aliphatic rings. The van der Waals surface area contributed by atoms with Gasteiger partial charge in [0.25, 0.3) is 0 Å². The van der Waals surface area contributed by atoms with Gasteiger partial charge in [-0.1, -0.05) is 19.9 Å². The van der Waals surface area contributed by atoms with E-state index >= 15 is 0 Å². The van der Waals surface area contributed by atoms with E-state index in [2.05, 4.69) is 13.8 Å². The van der Waals surface area contributed by atoms with Crippen LogP contribution < -0.4 is 9.47 Å². The first-order valence-corrected chi connectivity index (χ1v) is 7.53. The lowest BCUT2D eigenvalue weighted by Crippen LogP contribution is -2.35. The molecule has 0 radical (unpaired) electrons. The molecular formula is C16H23NO4. The van der Waals surface area contributed by atoms with Crippen molar-refractivity contribution in [1.82, 2.24) is 4.90 Å². The zero-order valence-corrected chi connectivity index (χ0v) is 12.7. The lowest BCUT2D eigenvalue weighted by Gasteiger charge is -2.29. The number of carboxylic acid groups (broad SMARTS) is 1. The molecule has 21 heavy (non-hydrogen) atoms. The molecule has 0 amide bonds. The van der Waals surface area contributed by atoms with Crippen LogP contribution >= 0.6 is 0 Å². The predicted molar refractivity (Wildman–Crippen MR) is 80.0 cm³/mol. The number of aliphatic carboxylic acids is 1. The van der Waals surface area contributed by atoms with Crippen LogP contribution in [0.4, 0.5) is 0 Å². The maximum absolute atomic E-state index is 11.7. The van der Waals surface area contributed by atoms with E-state index in [-0.39, 0.29) is 0 Å². The fraction of sp³-hybridized carbons (Fsp3) is 0.562. The normalized spacial score (nSPS) is 15.0. The van der Waals surface area contributed by atoms with Gasteiger partial charge < -0.3 is 14.6 Å². The first kappa shape index (κ1) is 15.6. The number of hydrogen-bond donors (Lipinski definition) is 1. The van der Waals surface area contributed by atoms with E-state index in [4.69, 9.17) is 9.47 Å². The van der Waals surface area contributed by atoms with Crippen LogP contribution in [0.15, 0.2) is 18.2 Å². The molecule has 1 aliphatic heterocycles. The zero-order chi connectivity index (χ0) is 15.2. The average Bonchev–Trinajstić information content (AvgIpc) is 2.47. The summed E-state index contributed by atoms with van der Waals surface area (Å²) in [6.45, 7) is 6.68. The van der Waals surface area contributed by atoms with Gasteiger partial charge in [-0.2, -0.15) is 0 Å². The molecule has 0 aromatic heterocycles. The van der Waals surface area contributed by atoms with Crippen molar-refractivity contribution >= 4 is 5.97 Å². The Balaban J connectivity index is 2.30. The summed E-state index contributed by atoms with van der Waals surface area (Å²) < 4.78 is 11.0. The van der Waals surface area contributed by atoms with Crippen LogP contribution in [0.3, 0.4) is 0 Å². The second-order valence-electron chi connectivity index (χ2n) is 5.18. The maximum atomic E-state index is 11.7. The number of ether oxygens (including phenoxy) is 2. The highest BCUT2D eigenvalue weighted by atomic mass is 16.6. The van der Waals surface area contributed by atoms with E-state index in [0.29, 0.717) is 24.7 Å². The fourth-order valence-corrected chi connectivity index (χ4v) is 2.68. The smallest absolute Gasteiger partial charge is 0.325 e. The van der Waals surface area contributed by atoms with Crippen LogP contribution in [-0.2, 0) is 4.79 Å². The number of carbonyl (C=O) groups is 1. The number of fused-ring (bicyclic) bond motifs is 1. The minimum absolute atomic E-state index is 0.502. The third-order valence-electron chi connectivity index (χ3n) is 3.50. The summed E-state index contributed by atoms with van der Waals surface area (Å²) in [4.78, 5) is 13.8. The Kier molecular flexibility index (Phi) is 5.44. The van der Waals surface area contributed by atoms with Crippen LogP contribution in [0.1, 0.15) is 38.3 Å². The van der Waals surface area contributed by atoms with E-state index in [1.54, 1.807) is 12.1 Å². The topological polar surface area (TPSA) is 59.0 Å². The molecule has 1 N–H and O–H groups in total. The molecule has 1 aromatic carbocycles. The summed E-state index contributed by atoms with van der Waals surface area (Å²) in [6.07, 6.45) is 1.85. The van der Waals surface area contributed by atoms with Gasteiger partial charge in [0.15, 0.2) is 11.5 Å². The minimum Gasteiger partial charge on any atom is -0.486 e. The molecule has 116 valence electrons. The Morgan fingerprint density at radius 2 is 1.81 bits per heavy atom. The molecule has 1 heterocycles. The third-order valence-corrected chi connectivity index (χ3v) is 3.50. The fourth-order valence-electron chi connectivity index (χ4n) is 2.68. The average molecular weight is 293 g/mol. The van der Waals surface area contributed by atoms with Gasteiger partial charge in [-0.25, -0.2) is 0 Å². The van der Waals surface area contributed by atoms with Crippen molar-refractivity contribution in [3.63, 3.8) is 0 Å². The van der Waals surface area contributed by atoms with Crippen molar-refractivity contribution in [2.24, 2.45) is 0 Å². The Morgan fingerprint density at radius 3 is 2.38 bits per heavy atom. The SMILES string of the molecule is CCCN(CCC)C(C(=O)O)c1ccc2c(c1)OCCO2. The van der Waals surface area contributed by atoms with Crippen molar-refractivity contribution in [1.29, 1.82) is 0 Å². The Hall–Kier alpha value is -1.75. The third kappa shape index (κ3) is 3.67. The second-order valence-corrected chi connectivity index (χ2v) is 5.18. The predicted octanol–water partition coefficient (Wildman–Crippen LogP) is 2.71. The maximum Gasteiger partial charge on any atom is 0.325 e. The zero-order valence-electron chi connectivity index (χ0n) is 12.7. The summed E-state index contributed by atoms with van der Waals surface area (Å²) in [5, 5.41) is 9.64. The van der Waals surface area contributed by atoms with Gasteiger partial charge in [0.2, 0.25) is 0 Å². The van der Waals surface area contributed by atoms with Gasteiger partial charge >= 0.3 is 5.97 Å². The molecule has 1 aromatic rings. The highest BCUT2D eigenvalue weighted by Gasteiger charge is 2.27. The number of carboxylic acids is 1. The van der Waals surface area contributed by atoms with Crippen molar-refractivity contribution in [3.05, 3.63) is 23.8 Å². The molecule has 0 spiro atoms. The van der Waals surface area contributed by atoms with Crippen LogP contribution in [0.25, 0.3) is 0 Å². The summed E-state index contributed by atoms with van der Waals surface area (Å²) in [5.74, 6) is 0.498. The van der Waals surface area contributed by atoms with Crippen molar-refractivity contribution < 1.29 is 19.4 Å². The van der Waals surface area contributed by atoms with Gasteiger partial charge in [-0.05, 0) is 43.6 Å². The standard InChI is InChI=1S/C16H23NO4/c1-3-7-17(8-4-2)15(16(18)19)12-5-6-13-14(11-12)21-10-9-20-13/h5-6,11,15H,3-4,7-10H2,1-2H3,(H,18,19). The summed E-state index contributed by atoms with van der Waals surface area (Å²) in [6, 6.07) is 4.78. The molecule has 0 saturated heterocycles. The lowest BCUT2D eigenvalue weighted by atomic mass is 10.0. The van der Waals surface area contributed by atoms with E-state index in [9.17, 15) is 9.90 Å². The highest BCUT2D eigenvalue weighted by molar-refractivity contribution is 5.76. The van der Waals surface area contributed by atoms with E-state index in [1.165, 1.54) is 0 Å². The number of benzene rings is 1. The molecule has 1 atom stereocenters. The molecule has 5 nitrogen and oxygen atoms in total. The van der Waals surface area contributed by atoms with Gasteiger partial charge in [0.05, 0.1) is 0 Å². The first-order chi connectivity index (χ1) is 10.2. The highest BCUT2D eigenvalue weighted by Crippen LogP contribution is 2.34. The quantitative estimate of drug-likeness (QED) is 0.837. The van der Waals surface area contributed by atoms with Gasteiger partial charge in [0, 0.05) is 0 Å². The number of nitrogens with zero attached hydrogens (tertiary/aromatic N) is 1. The summed E-state index contributed by atoms with van der Waals surface area (Å²) in [7, 11) is 0. The Bertz CT molecular complexity index is 483. The number of rotatable bonds is 7. The molecule has 5 heteroatoms. The van der Waals surface area contributed by atoms with Crippen LogP contribution in [-0.4, -0.2) is 42.3 Å². The van der Waals surface area contributed by atoms with Crippen molar-refractivity contribution in [2.45, 2.75) is 32.7 Å². The van der Waals surface area contributed by atoms with E-state index in [0.717, 1.165) is 31.5 Å². The lowest BCUT2D eigenvalue weighted by molar-refractivity contribution is -0.143. The van der Waals surface area contributed by atoms with Crippen molar-refractivity contribution in [2.75, 3.05) is 26.3 Å². The minimum atomic E-state index is -0.825. The number of hydrogen-bond acceptors (Lipinski definition) is 4. The summed E-state index contributed by atoms with van der Waals surface area (Å²) in [5.41, 5.74) is 0.744. The van der Waals surface area contributed by atoms with Gasteiger partial charge in [-0.15, -0.1) is 0 Å². The van der Waals surface area contributed by atoms with E-state index in [1.807, 2.05) is 11.0 Å². The van der Waals surface area contributed by atoms with Crippen molar-refractivity contribution in [3.8, 4) is 11.5 Å². The Labute approximate surface area is 125 Å². The van der Waals surface area contributed by atoms with Crippen LogP contribution in [0, 0.1) is 0 Å². The molecule has 2 rings (SSSR count). The largest absolute Gasteiger partial charge is 0.486 e.